The Morgan fingerprint density at radius 1 is 1.26 bits per heavy atom. The molecule has 12 heteroatoms. The van der Waals surface area contributed by atoms with Gasteiger partial charge in [-0.25, -0.2) is 9.82 Å². The lowest BCUT2D eigenvalue weighted by Gasteiger charge is -2.13. The molecule has 1 heterocycles. The van der Waals surface area contributed by atoms with Gasteiger partial charge in [-0.1, -0.05) is 23.7 Å². The van der Waals surface area contributed by atoms with Crippen LogP contribution in [0.15, 0.2) is 41.5 Å². The molecular weight excluding hydrogens is 483 g/mol. The number of carbonyl (C=O) groups excluding carboxylic acids is 3. The first-order valence-electron chi connectivity index (χ1n) is 10.6. The second-order valence-electron chi connectivity index (χ2n) is 7.39. The molecule has 0 unspecified atom stereocenters. The lowest BCUT2D eigenvalue weighted by Crippen LogP contribution is -2.41. The zero-order chi connectivity index (χ0) is 25.2. The molecule has 0 aromatic heterocycles. The molecule has 1 saturated heterocycles. The molecular formula is C23H24ClFN4O6. The van der Waals surface area contributed by atoms with Crippen LogP contribution in [0, 0.1) is 5.82 Å². The van der Waals surface area contributed by atoms with Crippen molar-refractivity contribution in [2.75, 3.05) is 32.2 Å². The van der Waals surface area contributed by atoms with E-state index in [1.807, 2.05) is 0 Å². The van der Waals surface area contributed by atoms with E-state index in [4.69, 9.17) is 25.8 Å². The zero-order valence-corrected chi connectivity index (χ0v) is 19.6. The molecule has 0 bridgehead atoms. The summed E-state index contributed by atoms with van der Waals surface area (Å²) in [7, 11) is 1.37. The summed E-state index contributed by atoms with van der Waals surface area (Å²) in [4.78, 5) is 35.8. The summed E-state index contributed by atoms with van der Waals surface area (Å²) in [5.74, 6) is -2.65. The summed E-state index contributed by atoms with van der Waals surface area (Å²) in [5, 5.41) is 8.73. The molecule has 0 aliphatic carbocycles. The number of nitrogens with zero attached hydrogens (tertiary/aromatic N) is 1. The van der Waals surface area contributed by atoms with Crippen LogP contribution in [0.4, 0.5) is 10.1 Å². The van der Waals surface area contributed by atoms with E-state index >= 15 is 0 Å². The van der Waals surface area contributed by atoms with Gasteiger partial charge in [-0.2, -0.15) is 5.10 Å². The van der Waals surface area contributed by atoms with Crippen molar-refractivity contribution in [1.82, 2.24) is 10.7 Å². The van der Waals surface area contributed by atoms with E-state index in [-0.39, 0.29) is 34.9 Å². The van der Waals surface area contributed by atoms with Gasteiger partial charge in [0.25, 0.3) is 5.91 Å². The number of hydrazone groups is 1. The fraction of sp³-hybridized carbons (Fsp3) is 0.304. The van der Waals surface area contributed by atoms with E-state index in [2.05, 4.69) is 21.2 Å². The Labute approximate surface area is 205 Å². The summed E-state index contributed by atoms with van der Waals surface area (Å²) in [5.41, 5.74) is 2.57. The van der Waals surface area contributed by atoms with Crippen LogP contribution < -0.4 is 25.5 Å². The number of amides is 3. The number of benzene rings is 2. The maximum Gasteiger partial charge on any atom is 0.329 e. The van der Waals surface area contributed by atoms with Crippen molar-refractivity contribution >= 4 is 41.2 Å². The van der Waals surface area contributed by atoms with Crippen LogP contribution in [0.3, 0.4) is 0 Å². The number of methoxy groups -OCH3 is 1. The molecule has 3 N–H and O–H groups in total. The first-order valence-corrected chi connectivity index (χ1v) is 11.0. The highest BCUT2D eigenvalue weighted by Crippen LogP contribution is 2.36. The summed E-state index contributed by atoms with van der Waals surface area (Å²) >= 11 is 6.26. The van der Waals surface area contributed by atoms with Crippen molar-refractivity contribution in [2.24, 2.45) is 5.10 Å². The highest BCUT2D eigenvalue weighted by molar-refractivity contribution is 6.35. The van der Waals surface area contributed by atoms with Crippen LogP contribution in [0.5, 0.6) is 11.5 Å². The molecule has 0 radical (unpaired) electrons. The van der Waals surface area contributed by atoms with Crippen molar-refractivity contribution in [1.29, 1.82) is 0 Å². The largest absolute Gasteiger partial charge is 0.493 e. The molecule has 35 heavy (non-hydrogen) atoms. The molecule has 3 amide bonds. The summed E-state index contributed by atoms with van der Waals surface area (Å²) in [6.45, 7) is 0.450. The highest BCUT2D eigenvalue weighted by Gasteiger charge is 2.19. The van der Waals surface area contributed by atoms with Crippen LogP contribution in [-0.2, 0) is 19.1 Å². The minimum Gasteiger partial charge on any atom is -0.493 e. The first-order chi connectivity index (χ1) is 16.9. The second kappa shape index (κ2) is 12.7. The van der Waals surface area contributed by atoms with Crippen LogP contribution in [0.2, 0.25) is 5.02 Å². The summed E-state index contributed by atoms with van der Waals surface area (Å²) in [6, 6.07) is 8.69. The predicted molar refractivity (Wildman–Crippen MR) is 126 cm³/mol. The van der Waals surface area contributed by atoms with Gasteiger partial charge in [-0.15, -0.1) is 0 Å². The van der Waals surface area contributed by atoms with Gasteiger partial charge in [-0.05, 0) is 42.7 Å². The van der Waals surface area contributed by atoms with Crippen molar-refractivity contribution in [2.45, 2.75) is 18.9 Å². The smallest absolute Gasteiger partial charge is 0.329 e. The third-order valence-electron chi connectivity index (χ3n) is 4.85. The Hall–Kier alpha value is -3.70. The number of rotatable bonds is 9. The number of anilines is 1. The molecule has 186 valence electrons. The van der Waals surface area contributed by atoms with E-state index < -0.39 is 30.1 Å². The normalized spacial score (nSPS) is 15.0. The lowest BCUT2D eigenvalue weighted by atomic mass is 10.2. The number of carbonyl (C=O) groups is 3. The Bertz CT molecular complexity index is 1110. The van der Waals surface area contributed by atoms with E-state index in [1.54, 1.807) is 6.07 Å². The van der Waals surface area contributed by atoms with E-state index in [9.17, 15) is 18.8 Å². The number of ether oxygens (including phenoxy) is 3. The minimum atomic E-state index is -0.932. The van der Waals surface area contributed by atoms with Crippen LogP contribution >= 0.6 is 11.6 Å². The van der Waals surface area contributed by atoms with E-state index in [0.717, 1.165) is 12.8 Å². The molecule has 1 fully saturated rings. The quantitative estimate of drug-likeness (QED) is 0.272. The number of halogens is 2. The molecule has 1 aliphatic rings. The first kappa shape index (κ1) is 25.9. The van der Waals surface area contributed by atoms with E-state index in [1.165, 1.54) is 43.7 Å². The standard InChI is InChI=1S/C23H24ClFN4O6/c1-33-19-10-14(11-27-29-23(32)22(31)26-12-15-5-4-8-34-15)9-16(24)21(19)35-13-20(30)28-18-7-3-2-6-17(18)25/h2-3,6-7,9-11,15H,4-5,8,12-13H2,1H3,(H,26,31)(H,28,30)(H,29,32)/b27-11-/t15-/m0/s1. The molecule has 0 spiro atoms. The number of hydrogen-bond donors (Lipinski definition) is 3. The molecule has 3 rings (SSSR count). The van der Waals surface area contributed by atoms with Gasteiger partial charge in [0, 0.05) is 13.2 Å². The molecule has 0 saturated carbocycles. The van der Waals surface area contributed by atoms with Crippen molar-refractivity contribution in [3.8, 4) is 11.5 Å². The molecule has 2 aromatic rings. The lowest BCUT2D eigenvalue weighted by molar-refractivity contribution is -0.139. The average molecular weight is 507 g/mol. The van der Waals surface area contributed by atoms with Gasteiger partial charge in [0.2, 0.25) is 0 Å². The summed E-state index contributed by atoms with van der Waals surface area (Å²) < 4.78 is 29.8. The Balaban J connectivity index is 1.53. The third-order valence-corrected chi connectivity index (χ3v) is 5.13. The number of nitrogens with one attached hydrogen (secondary N) is 3. The van der Waals surface area contributed by atoms with Crippen molar-refractivity contribution in [3.63, 3.8) is 0 Å². The molecule has 10 nitrogen and oxygen atoms in total. The van der Waals surface area contributed by atoms with Gasteiger partial charge in [0.05, 0.1) is 30.1 Å². The topological polar surface area (TPSA) is 127 Å². The van der Waals surface area contributed by atoms with Gasteiger partial charge in [0.15, 0.2) is 18.1 Å². The molecule has 1 atom stereocenters. The van der Waals surface area contributed by atoms with Crippen molar-refractivity contribution in [3.05, 3.63) is 52.8 Å². The fourth-order valence-electron chi connectivity index (χ4n) is 3.15. The predicted octanol–water partition coefficient (Wildman–Crippen LogP) is 2.25. The van der Waals surface area contributed by atoms with Gasteiger partial charge >= 0.3 is 11.8 Å². The fourth-order valence-corrected chi connectivity index (χ4v) is 3.42. The highest BCUT2D eigenvalue weighted by atomic mass is 35.5. The Kier molecular flexibility index (Phi) is 9.39. The SMILES string of the molecule is COc1cc(/C=N\NC(=O)C(=O)NC[C@@H]2CCCO2)cc(Cl)c1OCC(=O)Nc1ccccc1F. The zero-order valence-electron chi connectivity index (χ0n) is 18.8. The Morgan fingerprint density at radius 3 is 2.77 bits per heavy atom. The Morgan fingerprint density at radius 2 is 2.06 bits per heavy atom. The monoisotopic (exact) mass is 506 g/mol. The van der Waals surface area contributed by atoms with Gasteiger partial charge in [0.1, 0.15) is 5.82 Å². The van der Waals surface area contributed by atoms with Crippen LogP contribution in [-0.4, -0.2) is 56.9 Å². The van der Waals surface area contributed by atoms with Crippen molar-refractivity contribution < 1.29 is 33.0 Å². The molecule has 1 aliphatic heterocycles. The number of para-hydroxylation sites is 1. The van der Waals surface area contributed by atoms with Gasteiger partial charge in [-0.3, -0.25) is 14.4 Å². The number of hydrogen-bond acceptors (Lipinski definition) is 7. The summed E-state index contributed by atoms with van der Waals surface area (Å²) in [6.07, 6.45) is 2.93. The van der Waals surface area contributed by atoms with E-state index in [0.29, 0.717) is 12.2 Å². The average Bonchev–Trinajstić information content (AvgIpc) is 3.36. The van der Waals surface area contributed by atoms with Crippen LogP contribution in [0.25, 0.3) is 0 Å². The maximum atomic E-state index is 13.7. The second-order valence-corrected chi connectivity index (χ2v) is 7.80. The maximum absolute atomic E-state index is 13.7. The third kappa shape index (κ3) is 7.66. The van der Waals surface area contributed by atoms with Crippen LogP contribution in [0.1, 0.15) is 18.4 Å². The minimum absolute atomic E-state index is 0.0216. The molecule has 2 aromatic carbocycles. The van der Waals surface area contributed by atoms with Gasteiger partial charge < -0.3 is 24.8 Å².